The average molecular weight is 539 g/mol. The molecule has 0 fully saturated rings. The molecular weight excluding hydrogens is 508 g/mol. The summed E-state index contributed by atoms with van der Waals surface area (Å²) < 4.78 is 0. The fraction of sp³-hybridized carbons (Fsp3) is 0. The van der Waals surface area contributed by atoms with E-state index in [1.165, 1.54) is 27.1 Å². The maximum absolute atomic E-state index is 8.91. The van der Waals surface area contributed by atoms with Gasteiger partial charge in [-0.25, -0.2) is 0 Å². The fourth-order valence-corrected chi connectivity index (χ4v) is 5.56. The highest BCUT2D eigenvalue weighted by atomic mass is 14.4. The van der Waals surface area contributed by atoms with Crippen LogP contribution in [0.5, 0.6) is 0 Å². The van der Waals surface area contributed by atoms with Gasteiger partial charge in [0.25, 0.3) is 0 Å². The summed E-state index contributed by atoms with van der Waals surface area (Å²) in [4.78, 5) is 0. The molecule has 0 saturated heterocycles. The van der Waals surface area contributed by atoms with Crippen LogP contribution >= 0.6 is 0 Å². The molecule has 0 spiro atoms. The third kappa shape index (κ3) is 5.02. The maximum Gasteiger partial charge on any atom is 0.0612 e. The van der Waals surface area contributed by atoms with E-state index in [1.807, 2.05) is 12.1 Å². The van der Waals surface area contributed by atoms with Gasteiger partial charge in [-0.2, -0.15) is 0 Å². The summed E-state index contributed by atoms with van der Waals surface area (Å²) in [5, 5.41) is 24.1. The summed E-state index contributed by atoms with van der Waals surface area (Å²) in [5.41, 5.74) is 6.63. The van der Waals surface area contributed by atoms with E-state index in [1.54, 1.807) is 30.4 Å². The summed E-state index contributed by atoms with van der Waals surface area (Å²) in [7, 11) is 0. The molecule has 0 aliphatic heterocycles. The molecule has 0 aliphatic carbocycles. The largest absolute Gasteiger partial charge is 0.300 e. The number of benzene rings is 6. The molecule has 42 heavy (non-hydrogen) atoms. The van der Waals surface area contributed by atoms with E-state index in [0.29, 0.717) is 11.3 Å². The Balaban J connectivity index is 1.59. The SMILES string of the molecule is C=C/C=C\C(=N)C(=C)/C=C\C(=N)c1ccc2c(-c3ccccc3)c3ccccc3c(-c3ccc4ccccc4c3)c2c1. The van der Waals surface area contributed by atoms with Crippen molar-refractivity contribution in [1.29, 1.82) is 10.8 Å². The number of allylic oxidation sites excluding steroid dienone is 6. The first-order valence-electron chi connectivity index (χ1n) is 13.9. The van der Waals surface area contributed by atoms with Crippen LogP contribution in [-0.4, -0.2) is 11.4 Å². The maximum atomic E-state index is 8.91. The molecule has 200 valence electrons. The van der Waals surface area contributed by atoms with Gasteiger partial charge in [-0.15, -0.1) is 0 Å². The lowest BCUT2D eigenvalue weighted by atomic mass is 9.84. The van der Waals surface area contributed by atoms with Gasteiger partial charge in [-0.3, -0.25) is 0 Å². The number of nitrogens with one attached hydrogen (secondary N) is 2. The molecule has 0 heterocycles. The highest BCUT2D eigenvalue weighted by Gasteiger charge is 2.17. The van der Waals surface area contributed by atoms with E-state index in [9.17, 15) is 0 Å². The predicted molar refractivity (Wildman–Crippen MR) is 182 cm³/mol. The van der Waals surface area contributed by atoms with Gasteiger partial charge in [0.1, 0.15) is 0 Å². The molecule has 0 saturated carbocycles. The summed E-state index contributed by atoms with van der Waals surface area (Å²) in [6, 6.07) is 40.6. The monoisotopic (exact) mass is 538 g/mol. The average Bonchev–Trinajstić information content (AvgIpc) is 3.04. The Hall–Kier alpha value is -5.60. The van der Waals surface area contributed by atoms with Gasteiger partial charge in [-0.1, -0.05) is 135 Å². The van der Waals surface area contributed by atoms with E-state index in [2.05, 4.69) is 116 Å². The van der Waals surface area contributed by atoms with Crippen LogP contribution in [0.15, 0.2) is 164 Å². The van der Waals surface area contributed by atoms with Crippen LogP contribution in [0.2, 0.25) is 0 Å². The zero-order valence-corrected chi connectivity index (χ0v) is 23.3. The minimum absolute atomic E-state index is 0.287. The molecule has 0 aromatic heterocycles. The predicted octanol–water partition coefficient (Wildman–Crippen LogP) is 10.7. The van der Waals surface area contributed by atoms with Gasteiger partial charge in [-0.05, 0) is 84.4 Å². The van der Waals surface area contributed by atoms with Crippen molar-refractivity contribution >= 4 is 43.7 Å². The first kappa shape index (κ1) is 26.6. The quantitative estimate of drug-likeness (QED) is 0.110. The smallest absolute Gasteiger partial charge is 0.0612 e. The fourth-order valence-electron chi connectivity index (χ4n) is 5.56. The molecular formula is C40H30N2. The Bertz CT molecular complexity index is 2090. The first-order chi connectivity index (χ1) is 20.5. The highest BCUT2D eigenvalue weighted by molar-refractivity contribution is 6.23. The summed E-state index contributed by atoms with van der Waals surface area (Å²) >= 11 is 0. The molecule has 0 amide bonds. The Morgan fingerprint density at radius 1 is 0.548 bits per heavy atom. The molecule has 0 bridgehead atoms. The molecule has 0 radical (unpaired) electrons. The van der Waals surface area contributed by atoms with E-state index in [4.69, 9.17) is 10.8 Å². The van der Waals surface area contributed by atoms with E-state index in [-0.39, 0.29) is 5.71 Å². The summed E-state index contributed by atoms with van der Waals surface area (Å²) in [5.74, 6) is 0. The van der Waals surface area contributed by atoms with Crippen molar-refractivity contribution < 1.29 is 0 Å². The van der Waals surface area contributed by atoms with Crippen LogP contribution < -0.4 is 0 Å². The molecule has 2 nitrogen and oxygen atoms in total. The number of fused-ring (bicyclic) bond motifs is 3. The summed E-state index contributed by atoms with van der Waals surface area (Å²) in [6.45, 7) is 7.64. The van der Waals surface area contributed by atoms with Crippen molar-refractivity contribution in [2.75, 3.05) is 0 Å². The van der Waals surface area contributed by atoms with Crippen LogP contribution in [0.4, 0.5) is 0 Å². The van der Waals surface area contributed by atoms with Crippen LogP contribution in [0.1, 0.15) is 5.56 Å². The van der Waals surface area contributed by atoms with E-state index in [0.717, 1.165) is 33.0 Å². The van der Waals surface area contributed by atoms with E-state index < -0.39 is 0 Å². The van der Waals surface area contributed by atoms with Crippen LogP contribution in [-0.2, 0) is 0 Å². The molecule has 2 heteroatoms. The lowest BCUT2D eigenvalue weighted by Gasteiger charge is -2.19. The van der Waals surface area contributed by atoms with Crippen LogP contribution in [0.3, 0.4) is 0 Å². The molecule has 0 atom stereocenters. The third-order valence-corrected chi connectivity index (χ3v) is 7.63. The lowest BCUT2D eigenvalue weighted by molar-refractivity contribution is 1.49. The van der Waals surface area contributed by atoms with E-state index >= 15 is 0 Å². The molecule has 6 aromatic carbocycles. The van der Waals surface area contributed by atoms with Crippen LogP contribution in [0.25, 0.3) is 54.6 Å². The zero-order valence-electron chi connectivity index (χ0n) is 23.3. The Kier molecular flexibility index (Phi) is 7.28. The second kappa shape index (κ2) is 11.5. The second-order valence-corrected chi connectivity index (χ2v) is 10.3. The number of hydrogen-bond acceptors (Lipinski definition) is 2. The highest BCUT2D eigenvalue weighted by Crippen LogP contribution is 2.44. The molecule has 0 aliphatic rings. The van der Waals surface area contributed by atoms with Crippen molar-refractivity contribution in [1.82, 2.24) is 0 Å². The Labute approximate surface area is 246 Å². The molecule has 2 N–H and O–H groups in total. The Morgan fingerprint density at radius 3 is 1.93 bits per heavy atom. The van der Waals surface area contributed by atoms with Crippen molar-refractivity contribution in [3.05, 3.63) is 170 Å². The minimum Gasteiger partial charge on any atom is -0.300 e. The van der Waals surface area contributed by atoms with Crippen molar-refractivity contribution in [3.63, 3.8) is 0 Å². The van der Waals surface area contributed by atoms with Gasteiger partial charge in [0, 0.05) is 5.56 Å². The van der Waals surface area contributed by atoms with Crippen molar-refractivity contribution in [2.24, 2.45) is 0 Å². The van der Waals surface area contributed by atoms with Gasteiger partial charge in [0.2, 0.25) is 0 Å². The van der Waals surface area contributed by atoms with Gasteiger partial charge in [0.15, 0.2) is 0 Å². The first-order valence-corrected chi connectivity index (χ1v) is 13.9. The second-order valence-electron chi connectivity index (χ2n) is 10.3. The normalized spacial score (nSPS) is 11.5. The lowest BCUT2D eigenvalue weighted by Crippen LogP contribution is -1.98. The van der Waals surface area contributed by atoms with Crippen molar-refractivity contribution in [2.45, 2.75) is 0 Å². The van der Waals surface area contributed by atoms with Gasteiger partial charge < -0.3 is 10.8 Å². The molecule has 6 rings (SSSR count). The molecule has 6 aromatic rings. The zero-order chi connectivity index (χ0) is 29.1. The minimum atomic E-state index is 0.287. The van der Waals surface area contributed by atoms with Crippen molar-refractivity contribution in [3.8, 4) is 22.3 Å². The Morgan fingerprint density at radius 2 is 1.19 bits per heavy atom. The number of hydrogen-bond donors (Lipinski definition) is 2. The van der Waals surface area contributed by atoms with Crippen LogP contribution in [0, 0.1) is 10.8 Å². The van der Waals surface area contributed by atoms with Gasteiger partial charge >= 0.3 is 0 Å². The van der Waals surface area contributed by atoms with Gasteiger partial charge in [0.05, 0.1) is 11.4 Å². The molecule has 0 unspecified atom stereocenters. The standard InChI is InChI=1S/C40H30N2/c1-3-4-18-37(41)27(2)19-24-38(42)31-22-23-35-36(26-31)40(32-21-20-28-12-8-9-15-30(28)25-32)34-17-11-10-16-33(34)39(35)29-13-6-5-7-14-29/h3-26,41-42H,1-2H2/b18-4-,24-19-,41-37?,42-38?. The summed E-state index contributed by atoms with van der Waals surface area (Å²) in [6.07, 6.45) is 8.42. The number of rotatable bonds is 8. The third-order valence-electron chi connectivity index (χ3n) is 7.63. The topological polar surface area (TPSA) is 47.7 Å².